The van der Waals surface area contributed by atoms with Crippen LogP contribution in [-0.2, 0) is 4.74 Å². The minimum Gasteiger partial charge on any atom is -0.444 e. The van der Waals surface area contributed by atoms with Gasteiger partial charge in [-0.05, 0) is 27.7 Å². The lowest BCUT2D eigenvalue weighted by atomic mass is 10.2. The predicted octanol–water partition coefficient (Wildman–Crippen LogP) is 1.23. The first-order chi connectivity index (χ1) is 10.3. The number of carbonyl (C=O) groups excluding carboxylic acids is 1. The maximum Gasteiger partial charge on any atom is 0.408 e. The van der Waals surface area contributed by atoms with Crippen molar-refractivity contribution < 1.29 is 9.53 Å². The number of nitrogens with one attached hydrogen (secondary N) is 1. The van der Waals surface area contributed by atoms with E-state index in [2.05, 4.69) is 25.4 Å². The summed E-state index contributed by atoms with van der Waals surface area (Å²) in [5, 5.41) is 6.80. The topological polar surface area (TPSA) is 121 Å². The van der Waals surface area contributed by atoms with Crippen molar-refractivity contribution >= 4 is 11.9 Å². The van der Waals surface area contributed by atoms with Crippen LogP contribution >= 0.6 is 0 Å². The van der Waals surface area contributed by atoms with E-state index in [9.17, 15) is 4.79 Å². The van der Waals surface area contributed by atoms with E-state index in [1.165, 1.54) is 17.3 Å². The van der Waals surface area contributed by atoms with Crippen molar-refractivity contribution in [1.29, 1.82) is 0 Å². The SMILES string of the molecule is CC(NC(=O)OC(C)(C)C)c1ncnn1-c1cc(N)ncn1. The fraction of sp³-hybridized carbons (Fsp3) is 0.462. The van der Waals surface area contributed by atoms with Gasteiger partial charge in [0.15, 0.2) is 11.6 Å². The summed E-state index contributed by atoms with van der Waals surface area (Å²) >= 11 is 0. The van der Waals surface area contributed by atoms with Crippen molar-refractivity contribution in [3.8, 4) is 5.82 Å². The number of hydrogen-bond acceptors (Lipinski definition) is 7. The second kappa shape index (κ2) is 5.96. The molecule has 1 unspecified atom stereocenters. The van der Waals surface area contributed by atoms with Crippen molar-refractivity contribution in [3.05, 3.63) is 24.5 Å². The van der Waals surface area contributed by atoms with Gasteiger partial charge in [0.2, 0.25) is 0 Å². The molecule has 2 aromatic rings. The van der Waals surface area contributed by atoms with Gasteiger partial charge in [0.1, 0.15) is 24.1 Å². The van der Waals surface area contributed by atoms with E-state index in [1.807, 2.05) is 0 Å². The molecule has 0 saturated heterocycles. The Kier molecular flexibility index (Phi) is 4.25. The van der Waals surface area contributed by atoms with Gasteiger partial charge in [-0.1, -0.05) is 0 Å². The highest BCUT2D eigenvalue weighted by atomic mass is 16.6. The molecule has 0 aromatic carbocycles. The molecule has 0 bridgehead atoms. The minimum absolute atomic E-state index is 0.319. The van der Waals surface area contributed by atoms with Crippen LogP contribution < -0.4 is 11.1 Å². The standard InChI is InChI=1S/C13H19N7O2/c1-8(19-12(21)22-13(2,3)4)11-17-7-18-20(11)10-5-9(14)15-6-16-10/h5-8H,1-4H3,(H,19,21)(H2,14,15,16). The molecule has 2 rings (SSSR count). The number of alkyl carbamates (subject to hydrolysis) is 1. The largest absolute Gasteiger partial charge is 0.444 e. The number of amides is 1. The Morgan fingerprint density at radius 1 is 1.32 bits per heavy atom. The third kappa shape index (κ3) is 3.90. The molecule has 0 aliphatic heterocycles. The van der Waals surface area contributed by atoms with Gasteiger partial charge in [-0.3, -0.25) is 0 Å². The Morgan fingerprint density at radius 3 is 2.68 bits per heavy atom. The molecule has 0 saturated carbocycles. The van der Waals surface area contributed by atoms with E-state index in [4.69, 9.17) is 10.5 Å². The van der Waals surface area contributed by atoms with Crippen LogP contribution in [0.1, 0.15) is 39.6 Å². The Hall–Kier alpha value is -2.71. The first kappa shape index (κ1) is 15.7. The van der Waals surface area contributed by atoms with Crippen LogP contribution in [0.25, 0.3) is 5.82 Å². The summed E-state index contributed by atoms with van der Waals surface area (Å²) in [7, 11) is 0. The van der Waals surface area contributed by atoms with Gasteiger partial charge < -0.3 is 15.8 Å². The lowest BCUT2D eigenvalue weighted by molar-refractivity contribution is 0.0505. The van der Waals surface area contributed by atoms with E-state index in [0.717, 1.165) is 0 Å². The molecule has 9 nitrogen and oxygen atoms in total. The molecule has 3 N–H and O–H groups in total. The van der Waals surface area contributed by atoms with Crippen LogP contribution in [-0.4, -0.2) is 36.4 Å². The maximum atomic E-state index is 11.8. The van der Waals surface area contributed by atoms with Crippen LogP contribution in [0.2, 0.25) is 0 Å². The fourth-order valence-electron chi connectivity index (χ4n) is 1.75. The Morgan fingerprint density at radius 2 is 2.05 bits per heavy atom. The third-order valence-electron chi connectivity index (χ3n) is 2.59. The normalized spacial score (nSPS) is 12.7. The van der Waals surface area contributed by atoms with E-state index in [1.54, 1.807) is 33.8 Å². The van der Waals surface area contributed by atoms with Crippen molar-refractivity contribution in [2.45, 2.75) is 39.3 Å². The maximum absolute atomic E-state index is 11.8. The molecular formula is C13H19N7O2. The Bertz CT molecular complexity index is 662. The number of nitrogen functional groups attached to an aromatic ring is 1. The summed E-state index contributed by atoms with van der Waals surface area (Å²) in [6.45, 7) is 7.16. The molecule has 0 radical (unpaired) electrons. The lowest BCUT2D eigenvalue weighted by Gasteiger charge is -2.21. The van der Waals surface area contributed by atoms with E-state index >= 15 is 0 Å². The Labute approximate surface area is 127 Å². The zero-order chi connectivity index (χ0) is 16.3. The zero-order valence-corrected chi connectivity index (χ0v) is 12.9. The highest BCUT2D eigenvalue weighted by molar-refractivity contribution is 5.68. The number of nitrogens with zero attached hydrogens (tertiary/aromatic N) is 5. The monoisotopic (exact) mass is 305 g/mol. The van der Waals surface area contributed by atoms with Crippen molar-refractivity contribution in [2.75, 3.05) is 5.73 Å². The number of nitrogens with two attached hydrogens (primary N) is 1. The second-order valence-corrected chi connectivity index (χ2v) is 5.70. The van der Waals surface area contributed by atoms with Crippen LogP contribution in [0.15, 0.2) is 18.7 Å². The number of carbonyl (C=O) groups is 1. The van der Waals surface area contributed by atoms with Gasteiger partial charge in [-0.25, -0.2) is 19.7 Å². The van der Waals surface area contributed by atoms with Gasteiger partial charge in [0.05, 0.1) is 6.04 Å². The van der Waals surface area contributed by atoms with E-state index < -0.39 is 17.7 Å². The average molecular weight is 305 g/mol. The number of ether oxygens (including phenoxy) is 1. The second-order valence-electron chi connectivity index (χ2n) is 5.70. The van der Waals surface area contributed by atoms with Gasteiger partial charge in [0, 0.05) is 6.07 Å². The summed E-state index contributed by atoms with van der Waals surface area (Å²) in [4.78, 5) is 23.9. The summed E-state index contributed by atoms with van der Waals surface area (Å²) < 4.78 is 6.70. The van der Waals surface area contributed by atoms with Gasteiger partial charge in [-0.15, -0.1) is 0 Å². The number of hydrogen-bond donors (Lipinski definition) is 2. The minimum atomic E-state index is -0.571. The molecule has 9 heteroatoms. The first-order valence-electron chi connectivity index (χ1n) is 6.73. The van der Waals surface area contributed by atoms with Gasteiger partial charge in [-0.2, -0.15) is 9.78 Å². The summed E-state index contributed by atoms with van der Waals surface area (Å²) in [5.74, 6) is 1.29. The zero-order valence-electron chi connectivity index (χ0n) is 12.9. The van der Waals surface area contributed by atoms with Crippen LogP contribution in [0, 0.1) is 0 Å². The molecule has 2 heterocycles. The van der Waals surface area contributed by atoms with Crippen molar-refractivity contribution in [3.63, 3.8) is 0 Å². The van der Waals surface area contributed by atoms with Crippen LogP contribution in [0.3, 0.4) is 0 Å². The summed E-state index contributed by atoms with van der Waals surface area (Å²) in [6, 6.07) is 1.15. The van der Waals surface area contributed by atoms with Crippen LogP contribution in [0.4, 0.5) is 10.6 Å². The molecule has 1 atom stereocenters. The van der Waals surface area contributed by atoms with E-state index in [-0.39, 0.29) is 0 Å². The fourth-order valence-corrected chi connectivity index (χ4v) is 1.75. The van der Waals surface area contributed by atoms with Gasteiger partial charge in [0.25, 0.3) is 0 Å². The third-order valence-corrected chi connectivity index (χ3v) is 2.59. The highest BCUT2D eigenvalue weighted by Crippen LogP contribution is 2.15. The molecule has 0 aliphatic rings. The first-order valence-corrected chi connectivity index (χ1v) is 6.73. The smallest absolute Gasteiger partial charge is 0.408 e. The molecule has 0 fully saturated rings. The molecule has 0 aliphatic carbocycles. The molecule has 0 spiro atoms. The molecular weight excluding hydrogens is 286 g/mol. The predicted molar refractivity (Wildman–Crippen MR) is 79.1 cm³/mol. The molecule has 1 amide bonds. The number of anilines is 1. The average Bonchev–Trinajstić information content (AvgIpc) is 2.85. The number of aromatic nitrogens is 5. The van der Waals surface area contributed by atoms with E-state index in [0.29, 0.717) is 17.5 Å². The molecule has 2 aromatic heterocycles. The summed E-state index contributed by atoms with van der Waals surface area (Å²) in [6.07, 6.45) is 2.18. The Balaban J connectivity index is 2.17. The molecule has 118 valence electrons. The molecule has 22 heavy (non-hydrogen) atoms. The number of rotatable bonds is 3. The van der Waals surface area contributed by atoms with Crippen molar-refractivity contribution in [2.24, 2.45) is 0 Å². The van der Waals surface area contributed by atoms with Crippen molar-refractivity contribution in [1.82, 2.24) is 30.0 Å². The summed E-state index contributed by atoms with van der Waals surface area (Å²) in [5.41, 5.74) is 5.07. The van der Waals surface area contributed by atoms with Crippen LogP contribution in [0.5, 0.6) is 0 Å². The highest BCUT2D eigenvalue weighted by Gasteiger charge is 2.21. The quantitative estimate of drug-likeness (QED) is 0.874. The lowest BCUT2D eigenvalue weighted by Crippen LogP contribution is -2.35. The van der Waals surface area contributed by atoms with Gasteiger partial charge >= 0.3 is 6.09 Å².